The Bertz CT molecular complexity index is 1090. The van der Waals surface area contributed by atoms with Crippen molar-refractivity contribution in [1.29, 1.82) is 0 Å². The predicted octanol–water partition coefficient (Wildman–Crippen LogP) is 2.84. The van der Waals surface area contributed by atoms with E-state index >= 15 is 0 Å². The number of fused-ring (bicyclic) bond motifs is 1. The van der Waals surface area contributed by atoms with Gasteiger partial charge in [0.15, 0.2) is 5.65 Å². The van der Waals surface area contributed by atoms with Gasteiger partial charge < -0.3 is 5.32 Å². The van der Waals surface area contributed by atoms with E-state index in [1.54, 1.807) is 16.9 Å². The molecule has 0 bridgehead atoms. The fourth-order valence-corrected chi connectivity index (χ4v) is 3.64. The first-order valence-corrected chi connectivity index (χ1v) is 11.2. The zero-order valence-electron chi connectivity index (χ0n) is 16.2. The number of carbonyl (C=O) groups excluding carboxylic acids is 1. The van der Waals surface area contributed by atoms with Crippen LogP contribution in [0.15, 0.2) is 42.6 Å². The molecule has 0 unspecified atom stereocenters. The lowest BCUT2D eigenvalue weighted by molar-refractivity contribution is 0.0955. The molecule has 0 radical (unpaired) electrons. The van der Waals surface area contributed by atoms with Crippen molar-refractivity contribution < 1.29 is 13.2 Å². The third-order valence-corrected chi connectivity index (χ3v) is 5.38. The number of nitrogens with zero attached hydrogens (tertiary/aromatic N) is 3. The van der Waals surface area contributed by atoms with Crippen molar-refractivity contribution in [3.8, 4) is 11.3 Å². The van der Waals surface area contributed by atoms with Crippen LogP contribution >= 0.6 is 0 Å². The SMILES string of the molecule is CC(C)n1ncc2c(C(=O)NCCCS(C)(=O)=O)cc(-c3ccccc3)nc21. The molecular formula is C20H24N4O3S. The lowest BCUT2D eigenvalue weighted by Crippen LogP contribution is -2.26. The van der Waals surface area contributed by atoms with Crippen molar-refractivity contribution in [2.45, 2.75) is 26.3 Å². The Morgan fingerprint density at radius 2 is 1.93 bits per heavy atom. The largest absolute Gasteiger partial charge is 0.352 e. The average molecular weight is 401 g/mol. The van der Waals surface area contributed by atoms with Gasteiger partial charge in [0.2, 0.25) is 0 Å². The highest BCUT2D eigenvalue weighted by Gasteiger charge is 2.18. The van der Waals surface area contributed by atoms with Crippen LogP contribution in [0.25, 0.3) is 22.3 Å². The van der Waals surface area contributed by atoms with Crippen LogP contribution in [0.1, 0.15) is 36.7 Å². The molecule has 0 fully saturated rings. The van der Waals surface area contributed by atoms with Gasteiger partial charge in [-0.1, -0.05) is 30.3 Å². The maximum atomic E-state index is 12.8. The lowest BCUT2D eigenvalue weighted by Gasteiger charge is -2.11. The maximum Gasteiger partial charge on any atom is 0.252 e. The van der Waals surface area contributed by atoms with Crippen molar-refractivity contribution in [3.05, 3.63) is 48.2 Å². The van der Waals surface area contributed by atoms with E-state index in [1.807, 2.05) is 44.2 Å². The number of hydrogen-bond acceptors (Lipinski definition) is 5. The van der Waals surface area contributed by atoms with Crippen LogP contribution in [0.3, 0.4) is 0 Å². The molecule has 28 heavy (non-hydrogen) atoms. The highest BCUT2D eigenvalue weighted by atomic mass is 32.2. The molecule has 3 rings (SSSR count). The second kappa shape index (κ2) is 8.10. The van der Waals surface area contributed by atoms with Crippen LogP contribution in [0.5, 0.6) is 0 Å². The molecule has 1 aromatic carbocycles. The van der Waals surface area contributed by atoms with Gasteiger partial charge in [-0.15, -0.1) is 0 Å². The minimum Gasteiger partial charge on any atom is -0.352 e. The predicted molar refractivity (Wildman–Crippen MR) is 110 cm³/mol. The van der Waals surface area contributed by atoms with E-state index < -0.39 is 9.84 Å². The van der Waals surface area contributed by atoms with Crippen LogP contribution in [-0.4, -0.2) is 47.6 Å². The third-order valence-electron chi connectivity index (χ3n) is 4.35. The Labute approximate surface area is 164 Å². The van der Waals surface area contributed by atoms with E-state index in [2.05, 4.69) is 10.4 Å². The monoisotopic (exact) mass is 400 g/mol. The van der Waals surface area contributed by atoms with Crippen molar-refractivity contribution >= 4 is 26.8 Å². The molecule has 148 valence electrons. The van der Waals surface area contributed by atoms with Gasteiger partial charge in [-0.2, -0.15) is 5.10 Å². The highest BCUT2D eigenvalue weighted by Crippen LogP contribution is 2.26. The molecule has 0 aliphatic rings. The Kier molecular flexibility index (Phi) is 5.79. The number of pyridine rings is 1. The molecule has 8 heteroatoms. The first-order valence-electron chi connectivity index (χ1n) is 9.16. The molecule has 0 atom stereocenters. The van der Waals surface area contributed by atoms with Crippen molar-refractivity contribution in [1.82, 2.24) is 20.1 Å². The van der Waals surface area contributed by atoms with Gasteiger partial charge in [0.1, 0.15) is 9.84 Å². The van der Waals surface area contributed by atoms with E-state index in [-0.39, 0.29) is 24.2 Å². The number of amides is 1. The van der Waals surface area contributed by atoms with Gasteiger partial charge in [0, 0.05) is 24.4 Å². The van der Waals surface area contributed by atoms with E-state index in [0.29, 0.717) is 28.7 Å². The van der Waals surface area contributed by atoms with Crippen LogP contribution in [0.2, 0.25) is 0 Å². The van der Waals surface area contributed by atoms with Gasteiger partial charge >= 0.3 is 0 Å². The molecule has 1 amide bonds. The maximum absolute atomic E-state index is 12.8. The summed E-state index contributed by atoms with van der Waals surface area (Å²) in [5.41, 5.74) is 2.73. The Hall–Kier alpha value is -2.74. The van der Waals surface area contributed by atoms with Crippen LogP contribution in [0, 0.1) is 0 Å². The van der Waals surface area contributed by atoms with E-state index in [4.69, 9.17) is 4.98 Å². The topological polar surface area (TPSA) is 94.0 Å². The number of aromatic nitrogens is 3. The molecule has 3 aromatic rings. The Balaban J connectivity index is 1.97. The second-order valence-electron chi connectivity index (χ2n) is 7.08. The fourth-order valence-electron chi connectivity index (χ4n) is 2.97. The van der Waals surface area contributed by atoms with Gasteiger partial charge in [-0.3, -0.25) is 4.79 Å². The summed E-state index contributed by atoms with van der Waals surface area (Å²) in [4.78, 5) is 17.6. The molecule has 0 saturated heterocycles. The average Bonchev–Trinajstić information content (AvgIpc) is 3.08. The summed E-state index contributed by atoms with van der Waals surface area (Å²) in [5.74, 6) is -0.221. The molecule has 0 aliphatic heterocycles. The lowest BCUT2D eigenvalue weighted by atomic mass is 10.1. The smallest absolute Gasteiger partial charge is 0.252 e. The summed E-state index contributed by atoms with van der Waals surface area (Å²) in [6.07, 6.45) is 3.21. The van der Waals surface area contributed by atoms with Gasteiger partial charge in [0.05, 0.1) is 28.6 Å². The standard InChI is InChI=1S/C20H24N4O3S/c1-14(2)24-19-17(13-22-24)16(20(25)21-10-7-11-28(3,26)27)12-18(23-19)15-8-5-4-6-9-15/h4-6,8-9,12-14H,7,10-11H2,1-3H3,(H,21,25). The Morgan fingerprint density at radius 3 is 2.57 bits per heavy atom. The van der Waals surface area contributed by atoms with E-state index in [1.165, 1.54) is 6.26 Å². The van der Waals surface area contributed by atoms with Crippen LogP contribution < -0.4 is 5.32 Å². The summed E-state index contributed by atoms with van der Waals surface area (Å²) in [6.45, 7) is 4.30. The van der Waals surface area contributed by atoms with Crippen molar-refractivity contribution in [2.75, 3.05) is 18.6 Å². The number of carbonyl (C=O) groups is 1. The minimum atomic E-state index is -3.04. The number of rotatable bonds is 7. The normalized spacial score (nSPS) is 11.9. The van der Waals surface area contributed by atoms with Gasteiger partial charge in [-0.25, -0.2) is 18.1 Å². The zero-order valence-corrected chi connectivity index (χ0v) is 17.0. The van der Waals surface area contributed by atoms with Crippen molar-refractivity contribution in [3.63, 3.8) is 0 Å². The summed E-state index contributed by atoms with van der Waals surface area (Å²) >= 11 is 0. The number of hydrogen-bond donors (Lipinski definition) is 1. The molecule has 2 aromatic heterocycles. The number of benzene rings is 1. The minimum absolute atomic E-state index is 0.0413. The van der Waals surface area contributed by atoms with E-state index in [9.17, 15) is 13.2 Å². The third kappa shape index (κ3) is 4.56. The molecule has 0 aliphatic carbocycles. The molecular weight excluding hydrogens is 376 g/mol. The van der Waals surface area contributed by atoms with Gasteiger partial charge in [0.25, 0.3) is 5.91 Å². The molecule has 7 nitrogen and oxygen atoms in total. The van der Waals surface area contributed by atoms with E-state index in [0.717, 1.165) is 5.56 Å². The molecule has 2 heterocycles. The summed E-state index contributed by atoms with van der Waals surface area (Å²) in [5, 5.41) is 7.88. The molecule has 1 N–H and O–H groups in total. The zero-order chi connectivity index (χ0) is 20.3. The first-order chi connectivity index (χ1) is 13.3. The molecule has 0 saturated carbocycles. The summed E-state index contributed by atoms with van der Waals surface area (Å²) in [7, 11) is -3.04. The van der Waals surface area contributed by atoms with Gasteiger partial charge in [-0.05, 0) is 26.3 Å². The number of nitrogens with one attached hydrogen (secondary N) is 1. The molecule has 0 spiro atoms. The second-order valence-corrected chi connectivity index (χ2v) is 9.34. The van der Waals surface area contributed by atoms with Crippen LogP contribution in [0.4, 0.5) is 0 Å². The fraction of sp³-hybridized carbons (Fsp3) is 0.350. The Morgan fingerprint density at radius 1 is 1.21 bits per heavy atom. The highest BCUT2D eigenvalue weighted by molar-refractivity contribution is 7.90. The van der Waals surface area contributed by atoms with Crippen molar-refractivity contribution in [2.24, 2.45) is 0 Å². The summed E-state index contributed by atoms with van der Waals surface area (Å²) < 4.78 is 24.3. The van der Waals surface area contributed by atoms with Crippen LogP contribution in [-0.2, 0) is 9.84 Å². The quantitative estimate of drug-likeness (QED) is 0.616. The summed E-state index contributed by atoms with van der Waals surface area (Å²) in [6, 6.07) is 11.5. The number of sulfone groups is 1. The first kappa shape index (κ1) is 20.0.